The SMILES string of the molecule is CNC(=O)c1ccccc1Nc1nc(Nc2cc(F)c(CNC3CCN(c4ccc5c(c4)C(=O)N(C4CCC(=O)NC4=O)C5=O)CC3)cc2OC)ncc1C(F)(F)F. The second kappa shape index (κ2) is 16.1. The van der Waals surface area contributed by atoms with E-state index in [1.807, 2.05) is 0 Å². The minimum Gasteiger partial charge on any atom is -0.495 e. The first kappa shape index (κ1) is 39.6. The van der Waals surface area contributed by atoms with E-state index in [0.29, 0.717) is 32.1 Å². The lowest BCUT2D eigenvalue weighted by molar-refractivity contribution is -0.138. The van der Waals surface area contributed by atoms with E-state index in [0.717, 1.165) is 16.7 Å². The maximum absolute atomic E-state index is 15.5. The smallest absolute Gasteiger partial charge is 0.421 e. The zero-order valence-electron chi connectivity index (χ0n) is 31.1. The molecule has 4 aromatic rings. The normalized spacial score (nSPS) is 17.2. The number of alkyl halides is 3. The molecule has 19 heteroatoms. The summed E-state index contributed by atoms with van der Waals surface area (Å²) in [5, 5.41) is 13.3. The van der Waals surface area contributed by atoms with Gasteiger partial charge in [0.1, 0.15) is 29.0 Å². The second-order valence-corrected chi connectivity index (χ2v) is 13.8. The number of para-hydroxylation sites is 1. The largest absolute Gasteiger partial charge is 0.495 e. The van der Waals surface area contributed by atoms with E-state index >= 15 is 4.39 Å². The van der Waals surface area contributed by atoms with Crippen LogP contribution in [0.1, 0.15) is 67.9 Å². The summed E-state index contributed by atoms with van der Waals surface area (Å²) in [7, 11) is 2.75. The number of carbonyl (C=O) groups is 5. The Kier molecular flexibility index (Phi) is 11.0. The Morgan fingerprint density at radius 3 is 2.40 bits per heavy atom. The fourth-order valence-electron chi connectivity index (χ4n) is 7.17. The lowest BCUT2D eigenvalue weighted by Crippen LogP contribution is -2.54. The zero-order valence-corrected chi connectivity index (χ0v) is 31.1. The number of amides is 5. The number of imide groups is 2. The Balaban J connectivity index is 0.989. The van der Waals surface area contributed by atoms with Gasteiger partial charge in [-0.1, -0.05) is 12.1 Å². The highest BCUT2D eigenvalue weighted by molar-refractivity contribution is 6.23. The minimum absolute atomic E-state index is 0.0000920. The van der Waals surface area contributed by atoms with Crippen LogP contribution in [0.2, 0.25) is 0 Å². The number of methoxy groups -OCH3 is 1. The van der Waals surface area contributed by atoms with Gasteiger partial charge in [-0.25, -0.2) is 9.37 Å². The van der Waals surface area contributed by atoms with E-state index in [1.165, 1.54) is 32.4 Å². The molecule has 1 atom stereocenters. The molecule has 3 aliphatic heterocycles. The summed E-state index contributed by atoms with van der Waals surface area (Å²) >= 11 is 0. The number of piperidine rings is 2. The molecule has 0 spiro atoms. The van der Waals surface area contributed by atoms with Gasteiger partial charge in [0.05, 0.1) is 35.2 Å². The third kappa shape index (κ3) is 7.97. The number of fused-ring (bicyclic) bond motifs is 1. The zero-order chi connectivity index (χ0) is 41.3. The van der Waals surface area contributed by atoms with Gasteiger partial charge in [0.15, 0.2) is 0 Å². The highest BCUT2D eigenvalue weighted by Crippen LogP contribution is 2.37. The number of hydrogen-bond donors (Lipinski definition) is 5. The van der Waals surface area contributed by atoms with Gasteiger partial charge in [-0.05, 0) is 55.7 Å². The number of ether oxygens (including phenoxy) is 1. The van der Waals surface area contributed by atoms with Crippen LogP contribution in [0.15, 0.2) is 60.8 Å². The number of carbonyl (C=O) groups excluding carboxylic acids is 5. The van der Waals surface area contributed by atoms with Gasteiger partial charge >= 0.3 is 6.18 Å². The van der Waals surface area contributed by atoms with Crippen molar-refractivity contribution in [3.63, 3.8) is 0 Å². The lowest BCUT2D eigenvalue weighted by Gasteiger charge is -2.34. The second-order valence-electron chi connectivity index (χ2n) is 13.8. The average molecular weight is 804 g/mol. The first-order valence-electron chi connectivity index (χ1n) is 18.3. The summed E-state index contributed by atoms with van der Waals surface area (Å²) in [4.78, 5) is 73.6. The number of hydrogen-bond acceptors (Lipinski definition) is 12. The van der Waals surface area contributed by atoms with Crippen LogP contribution >= 0.6 is 0 Å². The highest BCUT2D eigenvalue weighted by Gasteiger charge is 2.45. The Morgan fingerprint density at radius 2 is 1.69 bits per heavy atom. The fraction of sp³-hybridized carbons (Fsp3) is 0.308. The van der Waals surface area contributed by atoms with Gasteiger partial charge in [0.2, 0.25) is 17.8 Å². The number of benzene rings is 3. The molecule has 1 aromatic heterocycles. The molecule has 3 aromatic carbocycles. The van der Waals surface area contributed by atoms with Crippen LogP contribution in [0.5, 0.6) is 5.75 Å². The van der Waals surface area contributed by atoms with Crippen molar-refractivity contribution in [1.29, 1.82) is 0 Å². The summed E-state index contributed by atoms with van der Waals surface area (Å²) in [6.07, 6.45) is -2.83. The molecule has 0 bridgehead atoms. The fourth-order valence-corrected chi connectivity index (χ4v) is 7.17. The Hall–Kier alpha value is -6.63. The minimum atomic E-state index is -4.84. The molecule has 0 radical (unpaired) electrons. The third-order valence-electron chi connectivity index (χ3n) is 10.2. The van der Waals surface area contributed by atoms with Gasteiger partial charge in [0, 0.05) is 62.7 Å². The summed E-state index contributed by atoms with van der Waals surface area (Å²) in [6.45, 7) is 1.31. The Morgan fingerprint density at radius 1 is 0.948 bits per heavy atom. The summed E-state index contributed by atoms with van der Waals surface area (Å²) in [6, 6.07) is 12.5. The monoisotopic (exact) mass is 803 g/mol. The molecule has 5 N–H and O–H groups in total. The van der Waals surface area contributed by atoms with E-state index in [1.54, 1.807) is 30.3 Å². The number of nitrogens with zero attached hydrogens (tertiary/aromatic N) is 4. The van der Waals surface area contributed by atoms with Crippen LogP contribution in [0.25, 0.3) is 0 Å². The summed E-state index contributed by atoms with van der Waals surface area (Å²) < 4.78 is 62.9. The molecular formula is C39H37F4N9O6. The van der Waals surface area contributed by atoms with E-state index in [9.17, 15) is 37.1 Å². The van der Waals surface area contributed by atoms with Crippen molar-refractivity contribution in [1.82, 2.24) is 30.8 Å². The van der Waals surface area contributed by atoms with Gasteiger partial charge in [0.25, 0.3) is 17.7 Å². The molecular weight excluding hydrogens is 766 g/mol. The van der Waals surface area contributed by atoms with Crippen molar-refractivity contribution >= 4 is 58.4 Å². The van der Waals surface area contributed by atoms with E-state index in [-0.39, 0.29) is 70.8 Å². The summed E-state index contributed by atoms with van der Waals surface area (Å²) in [5.74, 6) is -4.19. The maximum Gasteiger partial charge on any atom is 0.421 e. The molecule has 4 heterocycles. The van der Waals surface area contributed by atoms with Crippen LogP contribution in [-0.2, 0) is 22.3 Å². The van der Waals surface area contributed by atoms with Gasteiger partial charge < -0.3 is 30.9 Å². The number of aromatic nitrogens is 2. The van der Waals surface area contributed by atoms with Crippen LogP contribution in [-0.4, -0.2) is 83.7 Å². The number of rotatable bonds is 11. The average Bonchev–Trinajstić information content (AvgIpc) is 3.45. The van der Waals surface area contributed by atoms with Crippen molar-refractivity contribution in [3.8, 4) is 5.75 Å². The van der Waals surface area contributed by atoms with Crippen LogP contribution in [0, 0.1) is 5.82 Å². The number of halogens is 4. The molecule has 58 heavy (non-hydrogen) atoms. The van der Waals surface area contributed by atoms with Gasteiger partial charge in [-0.3, -0.25) is 34.2 Å². The molecule has 2 saturated heterocycles. The molecule has 302 valence electrons. The number of nitrogens with one attached hydrogen (secondary N) is 5. The molecule has 3 aliphatic rings. The van der Waals surface area contributed by atoms with Gasteiger partial charge in [-0.15, -0.1) is 0 Å². The van der Waals surface area contributed by atoms with E-state index in [4.69, 9.17) is 4.74 Å². The molecule has 7 rings (SSSR count). The van der Waals surface area contributed by atoms with Crippen molar-refractivity contribution < 1.29 is 46.3 Å². The van der Waals surface area contributed by atoms with E-state index in [2.05, 4.69) is 41.5 Å². The van der Waals surface area contributed by atoms with Crippen molar-refractivity contribution in [2.75, 3.05) is 42.8 Å². The van der Waals surface area contributed by atoms with Crippen molar-refractivity contribution in [3.05, 3.63) is 94.4 Å². The molecule has 1 unspecified atom stereocenters. The highest BCUT2D eigenvalue weighted by atomic mass is 19.4. The molecule has 0 saturated carbocycles. The first-order chi connectivity index (χ1) is 27.7. The molecule has 5 amide bonds. The standard InChI is InChI=1S/C39H37F4N9O6/c1-44-34(54)24-5-3-4-6-28(24)47-33-26(39(41,42)43)19-46-38(50-33)48-29-17-27(40)20(15-31(29)58-2)18-45-21-11-13-51(14-12-21)22-7-8-23-25(16-22)37(57)52(36(23)56)30-9-10-32(53)49-35(30)55/h3-8,15-17,19,21,30,45H,9-14,18H2,1-2H3,(H,44,54)(H,49,53,55)(H2,46,47,48,50). The van der Waals surface area contributed by atoms with Crippen LogP contribution in [0.3, 0.4) is 0 Å². The van der Waals surface area contributed by atoms with Crippen molar-refractivity contribution in [2.24, 2.45) is 0 Å². The number of anilines is 5. The Bertz CT molecular complexity index is 2320. The summed E-state index contributed by atoms with van der Waals surface area (Å²) in [5.41, 5.74) is 0.422. The predicted molar refractivity (Wildman–Crippen MR) is 202 cm³/mol. The van der Waals surface area contributed by atoms with Crippen LogP contribution in [0.4, 0.5) is 46.4 Å². The van der Waals surface area contributed by atoms with Crippen LogP contribution < -0.4 is 36.2 Å². The molecule has 15 nitrogen and oxygen atoms in total. The van der Waals surface area contributed by atoms with Gasteiger partial charge in [-0.2, -0.15) is 18.2 Å². The molecule has 0 aliphatic carbocycles. The first-order valence-corrected chi connectivity index (χ1v) is 18.3. The lowest BCUT2D eigenvalue weighted by atomic mass is 10.0. The van der Waals surface area contributed by atoms with Crippen molar-refractivity contribution in [2.45, 2.75) is 50.5 Å². The quantitative estimate of drug-likeness (QED) is 0.105. The Labute approximate surface area is 328 Å². The van der Waals surface area contributed by atoms with E-state index < -0.39 is 59.0 Å². The third-order valence-corrected chi connectivity index (χ3v) is 10.2. The maximum atomic E-state index is 15.5. The predicted octanol–water partition coefficient (Wildman–Crippen LogP) is 4.65. The molecule has 2 fully saturated rings. The topological polar surface area (TPSA) is 187 Å².